The minimum Gasteiger partial charge on any atom is -0.420 e. The van der Waals surface area contributed by atoms with E-state index in [4.69, 9.17) is 4.42 Å². The van der Waals surface area contributed by atoms with Gasteiger partial charge in [0.15, 0.2) is 0 Å². The zero-order valence-electron chi connectivity index (χ0n) is 16.7. The van der Waals surface area contributed by atoms with Crippen LogP contribution in [0.2, 0.25) is 0 Å². The van der Waals surface area contributed by atoms with Crippen molar-refractivity contribution in [3.05, 3.63) is 60.8 Å². The normalized spacial score (nSPS) is 23.4. The molecule has 4 amide bonds. The molecule has 0 spiro atoms. The van der Waals surface area contributed by atoms with Crippen LogP contribution in [0.25, 0.3) is 0 Å². The van der Waals surface area contributed by atoms with E-state index in [0.29, 0.717) is 5.56 Å². The second-order valence-electron chi connectivity index (χ2n) is 7.22. The Bertz CT molecular complexity index is 1020. The van der Waals surface area contributed by atoms with Crippen LogP contribution in [0.3, 0.4) is 0 Å². The predicted molar refractivity (Wildman–Crippen MR) is 105 cm³/mol. The van der Waals surface area contributed by atoms with Gasteiger partial charge in [-0.05, 0) is 11.6 Å². The molecule has 0 radical (unpaired) electrons. The van der Waals surface area contributed by atoms with E-state index < -0.39 is 36.0 Å². The van der Waals surface area contributed by atoms with Gasteiger partial charge >= 0.3 is 11.8 Å². The van der Waals surface area contributed by atoms with Crippen molar-refractivity contribution in [1.29, 1.82) is 0 Å². The van der Waals surface area contributed by atoms with Gasteiger partial charge < -0.3 is 24.4 Å². The highest BCUT2D eigenvalue weighted by Crippen LogP contribution is 2.34. The third-order valence-corrected chi connectivity index (χ3v) is 5.36. The van der Waals surface area contributed by atoms with E-state index >= 15 is 0 Å². The number of nitrogens with one attached hydrogen (secondary N) is 1. The van der Waals surface area contributed by atoms with Gasteiger partial charge in [-0.25, -0.2) is 0 Å². The summed E-state index contributed by atoms with van der Waals surface area (Å²) in [5.41, 5.74) is 0.596. The summed E-state index contributed by atoms with van der Waals surface area (Å²) >= 11 is 0. The Balaban J connectivity index is 1.79. The lowest BCUT2D eigenvalue weighted by atomic mass is 9.96. The molecule has 160 valence electrons. The molecule has 2 aromatic rings. The fourth-order valence-corrected chi connectivity index (χ4v) is 3.91. The van der Waals surface area contributed by atoms with Gasteiger partial charge in [0.25, 0.3) is 0 Å². The molecule has 1 aromatic carbocycles. The number of aromatic nitrogens is 2. The van der Waals surface area contributed by atoms with E-state index in [9.17, 15) is 19.2 Å². The molecule has 0 aliphatic carbocycles. The number of fused-ring (bicyclic) bond motifs is 1. The first-order valence-electron chi connectivity index (χ1n) is 9.54. The van der Waals surface area contributed by atoms with Gasteiger partial charge in [0.05, 0.1) is 13.1 Å². The van der Waals surface area contributed by atoms with Gasteiger partial charge in [-0.2, -0.15) is 0 Å². The van der Waals surface area contributed by atoms with Crippen molar-refractivity contribution >= 4 is 23.6 Å². The molecule has 2 aliphatic heterocycles. The largest absolute Gasteiger partial charge is 0.420 e. The van der Waals surface area contributed by atoms with Gasteiger partial charge in [0.2, 0.25) is 24.1 Å². The van der Waals surface area contributed by atoms with Gasteiger partial charge in [-0.3, -0.25) is 19.2 Å². The predicted octanol–water partition coefficient (Wildman–Crippen LogP) is -0.436. The summed E-state index contributed by atoms with van der Waals surface area (Å²) in [4.78, 5) is 55.8. The Kier molecular flexibility index (Phi) is 5.24. The van der Waals surface area contributed by atoms with Gasteiger partial charge in [-0.15, -0.1) is 10.2 Å². The van der Waals surface area contributed by atoms with Crippen molar-refractivity contribution in [3.63, 3.8) is 0 Å². The Hall–Kier alpha value is -4.02. The molecule has 1 aromatic heterocycles. The van der Waals surface area contributed by atoms with E-state index in [2.05, 4.69) is 22.1 Å². The molecule has 3 atom stereocenters. The SMILES string of the molecule is C=CC(=O)N[C@@H]1CN(C(=O)c2nnco2)C2CN(C)C(=O)[C@H](c3ccccc3)N2C1=O. The summed E-state index contributed by atoms with van der Waals surface area (Å²) in [5, 5.41) is 9.75. The van der Waals surface area contributed by atoms with E-state index in [0.717, 1.165) is 12.5 Å². The van der Waals surface area contributed by atoms with Crippen molar-refractivity contribution in [2.75, 3.05) is 20.1 Å². The summed E-state index contributed by atoms with van der Waals surface area (Å²) in [7, 11) is 1.61. The Morgan fingerprint density at radius 2 is 1.94 bits per heavy atom. The molecule has 3 heterocycles. The Morgan fingerprint density at radius 3 is 2.58 bits per heavy atom. The zero-order valence-corrected chi connectivity index (χ0v) is 16.7. The first-order chi connectivity index (χ1) is 14.9. The quantitative estimate of drug-likeness (QED) is 0.659. The third kappa shape index (κ3) is 3.54. The molecule has 1 N–H and O–H groups in total. The van der Waals surface area contributed by atoms with Gasteiger partial charge in [0, 0.05) is 7.05 Å². The molecule has 11 nitrogen and oxygen atoms in total. The summed E-state index contributed by atoms with van der Waals surface area (Å²) in [6, 6.07) is 6.77. The molecular weight excluding hydrogens is 404 g/mol. The van der Waals surface area contributed by atoms with Crippen molar-refractivity contribution in [3.8, 4) is 0 Å². The van der Waals surface area contributed by atoms with Crippen molar-refractivity contribution in [1.82, 2.24) is 30.2 Å². The fourth-order valence-electron chi connectivity index (χ4n) is 3.91. The molecule has 2 fully saturated rings. The number of likely N-dealkylation sites (N-methyl/N-ethyl adjacent to an activating group) is 1. The van der Waals surface area contributed by atoms with E-state index in [1.54, 1.807) is 37.4 Å². The minimum atomic E-state index is -1.07. The van der Waals surface area contributed by atoms with Crippen molar-refractivity contribution in [2.24, 2.45) is 0 Å². The highest BCUT2D eigenvalue weighted by atomic mass is 16.4. The number of rotatable bonds is 4. The second-order valence-corrected chi connectivity index (χ2v) is 7.22. The van der Waals surface area contributed by atoms with Crippen LogP contribution in [-0.4, -0.2) is 80.9 Å². The zero-order chi connectivity index (χ0) is 22.1. The number of piperazine rings is 1. The molecule has 4 rings (SSSR count). The molecule has 31 heavy (non-hydrogen) atoms. The van der Waals surface area contributed by atoms with Crippen molar-refractivity contribution < 1.29 is 23.6 Å². The summed E-state index contributed by atoms with van der Waals surface area (Å²) < 4.78 is 5.05. The fraction of sp³-hybridized carbons (Fsp3) is 0.300. The summed E-state index contributed by atoms with van der Waals surface area (Å²) in [6.45, 7) is 3.37. The van der Waals surface area contributed by atoms with Crippen LogP contribution in [0.1, 0.15) is 22.3 Å². The number of benzene rings is 1. The maximum Gasteiger partial charge on any atom is 0.313 e. The Labute approximate surface area is 177 Å². The molecular formula is C20H20N6O5. The molecule has 11 heteroatoms. The van der Waals surface area contributed by atoms with Crippen LogP contribution in [-0.2, 0) is 14.4 Å². The number of amides is 4. The standard InChI is InChI=1S/C20H20N6O5/c1-3-14(27)22-13-9-25(20(30)17-23-21-11-31-17)15-10-24(2)19(29)16(26(15)18(13)28)12-7-5-4-6-8-12/h3-8,11,13,15-16H,1,9-10H2,2H3,(H,22,27)/t13-,15?,16+/m1/s1. The van der Waals surface area contributed by atoms with Gasteiger partial charge in [-0.1, -0.05) is 36.9 Å². The van der Waals surface area contributed by atoms with Gasteiger partial charge in [0.1, 0.15) is 18.2 Å². The second kappa shape index (κ2) is 8.01. The monoisotopic (exact) mass is 424 g/mol. The lowest BCUT2D eigenvalue weighted by molar-refractivity contribution is -0.169. The Morgan fingerprint density at radius 1 is 1.19 bits per heavy atom. The average Bonchev–Trinajstić information content (AvgIpc) is 3.32. The lowest BCUT2D eigenvalue weighted by Gasteiger charge is -2.53. The van der Waals surface area contributed by atoms with E-state index in [1.165, 1.54) is 14.7 Å². The highest BCUT2D eigenvalue weighted by molar-refractivity contribution is 5.98. The summed E-state index contributed by atoms with van der Waals surface area (Å²) in [5.74, 6) is -2.19. The number of carbonyl (C=O) groups excluding carboxylic acids is 4. The van der Waals surface area contributed by atoms with Crippen LogP contribution in [0, 0.1) is 0 Å². The van der Waals surface area contributed by atoms with Crippen LogP contribution >= 0.6 is 0 Å². The van der Waals surface area contributed by atoms with Crippen LogP contribution in [0.15, 0.2) is 53.8 Å². The number of hydrogen-bond acceptors (Lipinski definition) is 7. The van der Waals surface area contributed by atoms with Crippen LogP contribution < -0.4 is 5.32 Å². The maximum absolute atomic E-state index is 13.4. The molecule has 1 unspecified atom stereocenters. The number of nitrogens with zero attached hydrogens (tertiary/aromatic N) is 5. The minimum absolute atomic E-state index is 0.0932. The highest BCUT2D eigenvalue weighted by Gasteiger charge is 2.52. The first kappa shape index (κ1) is 20.3. The molecule has 0 saturated carbocycles. The molecule has 2 saturated heterocycles. The molecule has 0 bridgehead atoms. The number of carbonyl (C=O) groups is 4. The molecule has 2 aliphatic rings. The third-order valence-electron chi connectivity index (χ3n) is 5.36. The van der Waals surface area contributed by atoms with Crippen LogP contribution in [0.4, 0.5) is 0 Å². The van der Waals surface area contributed by atoms with E-state index in [-0.39, 0.29) is 24.9 Å². The smallest absolute Gasteiger partial charge is 0.313 e. The van der Waals surface area contributed by atoms with Crippen LogP contribution in [0.5, 0.6) is 0 Å². The van der Waals surface area contributed by atoms with E-state index in [1.807, 2.05) is 0 Å². The average molecular weight is 424 g/mol. The topological polar surface area (TPSA) is 129 Å². The summed E-state index contributed by atoms with van der Waals surface area (Å²) in [6.07, 6.45) is 1.28. The first-order valence-corrected chi connectivity index (χ1v) is 9.54. The van der Waals surface area contributed by atoms with Crippen molar-refractivity contribution in [2.45, 2.75) is 18.2 Å². The lowest BCUT2D eigenvalue weighted by Crippen LogP contribution is -2.73. The maximum atomic E-state index is 13.4. The number of hydrogen-bond donors (Lipinski definition) is 1.